The lowest BCUT2D eigenvalue weighted by atomic mass is 9.89. The number of nitrogens with one attached hydrogen (secondary N) is 1. The molecule has 0 saturated carbocycles. The first-order valence-electron chi connectivity index (χ1n) is 4.87. The van der Waals surface area contributed by atoms with Crippen molar-refractivity contribution in [3.05, 3.63) is 0 Å². The van der Waals surface area contributed by atoms with Crippen LogP contribution in [0.2, 0.25) is 0 Å². The molecule has 0 aliphatic rings. The van der Waals surface area contributed by atoms with Crippen LogP contribution in [0.15, 0.2) is 0 Å². The van der Waals surface area contributed by atoms with E-state index in [9.17, 15) is 4.79 Å². The second-order valence-electron chi connectivity index (χ2n) is 4.58. The Balaban J connectivity index is 3.80. The highest BCUT2D eigenvalue weighted by Crippen LogP contribution is 2.17. The van der Waals surface area contributed by atoms with Crippen LogP contribution in [0.3, 0.4) is 0 Å². The molecule has 0 aromatic rings. The van der Waals surface area contributed by atoms with Crippen LogP contribution in [0.5, 0.6) is 0 Å². The van der Waals surface area contributed by atoms with Gasteiger partial charge in [-0.05, 0) is 18.4 Å². The van der Waals surface area contributed by atoms with Gasteiger partial charge in [0.2, 0.25) is 5.91 Å². The van der Waals surface area contributed by atoms with E-state index in [0.29, 0.717) is 13.1 Å². The van der Waals surface area contributed by atoms with Gasteiger partial charge in [-0.25, -0.2) is 0 Å². The van der Waals surface area contributed by atoms with Crippen LogP contribution in [0.25, 0.3) is 0 Å². The summed E-state index contributed by atoms with van der Waals surface area (Å²) in [6.07, 6.45) is 0.936. The number of hydrogen-bond acceptors (Lipinski definition) is 2. The summed E-state index contributed by atoms with van der Waals surface area (Å²) in [6, 6.07) is 0. The molecule has 0 aliphatic heterocycles. The lowest BCUT2D eigenvalue weighted by molar-refractivity contribution is -0.124. The number of hydrogen-bond donors (Lipinski definition) is 2. The number of rotatable bonds is 5. The quantitative estimate of drug-likeness (QED) is 0.676. The topological polar surface area (TPSA) is 55.1 Å². The van der Waals surface area contributed by atoms with Crippen molar-refractivity contribution in [3.63, 3.8) is 0 Å². The average Bonchev–Trinajstić information content (AvgIpc) is 2.00. The number of nitrogens with two attached hydrogens (primary N) is 1. The molecule has 0 radical (unpaired) electrons. The second kappa shape index (κ2) is 5.22. The van der Waals surface area contributed by atoms with Crippen molar-refractivity contribution in [1.82, 2.24) is 5.32 Å². The molecule has 0 aromatic carbocycles. The van der Waals surface area contributed by atoms with Crippen LogP contribution in [0, 0.1) is 11.3 Å². The van der Waals surface area contributed by atoms with Crippen LogP contribution >= 0.6 is 0 Å². The number of carbonyl (C=O) groups excluding carboxylic acids is 1. The Morgan fingerprint density at radius 3 is 2.38 bits per heavy atom. The van der Waals surface area contributed by atoms with Crippen molar-refractivity contribution in [2.45, 2.75) is 34.1 Å². The molecule has 3 N–H and O–H groups in total. The SMILES string of the molecule is CC(C)C(=O)NCC(C)(C)CCN. The van der Waals surface area contributed by atoms with E-state index >= 15 is 0 Å². The van der Waals surface area contributed by atoms with E-state index < -0.39 is 0 Å². The second-order valence-corrected chi connectivity index (χ2v) is 4.58. The van der Waals surface area contributed by atoms with Gasteiger partial charge in [0, 0.05) is 12.5 Å². The van der Waals surface area contributed by atoms with Gasteiger partial charge in [0.05, 0.1) is 0 Å². The van der Waals surface area contributed by atoms with E-state index in [1.54, 1.807) is 0 Å². The third kappa shape index (κ3) is 5.64. The first-order valence-corrected chi connectivity index (χ1v) is 4.87. The summed E-state index contributed by atoms with van der Waals surface area (Å²) in [6.45, 7) is 9.39. The third-order valence-corrected chi connectivity index (χ3v) is 2.09. The number of amides is 1. The standard InChI is InChI=1S/C10H22N2O/c1-8(2)9(13)12-7-10(3,4)5-6-11/h8H,5-7,11H2,1-4H3,(H,12,13). The van der Waals surface area contributed by atoms with E-state index in [1.807, 2.05) is 13.8 Å². The van der Waals surface area contributed by atoms with Crippen LogP contribution in [0.4, 0.5) is 0 Å². The Hall–Kier alpha value is -0.570. The molecule has 0 aliphatic carbocycles. The molecule has 0 unspecified atom stereocenters. The first kappa shape index (κ1) is 12.4. The summed E-state index contributed by atoms with van der Waals surface area (Å²) < 4.78 is 0. The zero-order valence-electron chi connectivity index (χ0n) is 9.18. The average molecular weight is 186 g/mol. The van der Waals surface area contributed by atoms with Crippen molar-refractivity contribution in [1.29, 1.82) is 0 Å². The van der Waals surface area contributed by atoms with Crippen molar-refractivity contribution >= 4 is 5.91 Å². The molecule has 0 saturated heterocycles. The van der Waals surface area contributed by atoms with Crippen LogP contribution in [-0.2, 0) is 4.79 Å². The molecule has 0 spiro atoms. The van der Waals surface area contributed by atoms with E-state index in [0.717, 1.165) is 6.42 Å². The van der Waals surface area contributed by atoms with E-state index in [-0.39, 0.29) is 17.2 Å². The minimum absolute atomic E-state index is 0.0636. The zero-order valence-corrected chi connectivity index (χ0v) is 9.18. The smallest absolute Gasteiger partial charge is 0.222 e. The highest BCUT2D eigenvalue weighted by atomic mass is 16.1. The summed E-state index contributed by atoms with van der Waals surface area (Å²) in [5.41, 5.74) is 5.58. The minimum atomic E-state index is 0.0636. The number of carbonyl (C=O) groups is 1. The molecule has 0 atom stereocenters. The van der Waals surface area contributed by atoms with Crippen LogP contribution in [0.1, 0.15) is 34.1 Å². The van der Waals surface area contributed by atoms with Gasteiger partial charge >= 0.3 is 0 Å². The summed E-state index contributed by atoms with van der Waals surface area (Å²) in [5, 5.41) is 2.91. The molecule has 0 heterocycles. The lowest BCUT2D eigenvalue weighted by Gasteiger charge is -2.24. The van der Waals surface area contributed by atoms with Crippen molar-refractivity contribution in [2.24, 2.45) is 17.1 Å². The maximum absolute atomic E-state index is 11.3. The van der Waals surface area contributed by atoms with E-state index in [1.165, 1.54) is 0 Å². The molecule has 3 heteroatoms. The fourth-order valence-corrected chi connectivity index (χ4v) is 1.01. The lowest BCUT2D eigenvalue weighted by Crippen LogP contribution is -2.37. The van der Waals surface area contributed by atoms with Crippen LogP contribution in [-0.4, -0.2) is 19.0 Å². The maximum Gasteiger partial charge on any atom is 0.222 e. The van der Waals surface area contributed by atoms with Crippen LogP contribution < -0.4 is 11.1 Å². The summed E-state index contributed by atoms with van der Waals surface area (Å²) in [7, 11) is 0. The van der Waals surface area contributed by atoms with Gasteiger partial charge in [0.15, 0.2) is 0 Å². The highest BCUT2D eigenvalue weighted by molar-refractivity contribution is 5.77. The molecular weight excluding hydrogens is 164 g/mol. The summed E-state index contributed by atoms with van der Waals surface area (Å²) in [5.74, 6) is 0.179. The van der Waals surface area contributed by atoms with Gasteiger partial charge in [0.1, 0.15) is 0 Å². The van der Waals surface area contributed by atoms with Crippen molar-refractivity contribution in [2.75, 3.05) is 13.1 Å². The Morgan fingerprint density at radius 1 is 1.46 bits per heavy atom. The fraction of sp³-hybridized carbons (Fsp3) is 0.900. The predicted octanol–water partition coefficient (Wildman–Crippen LogP) is 1.13. The Bertz CT molecular complexity index is 164. The molecular formula is C10H22N2O. The maximum atomic E-state index is 11.3. The highest BCUT2D eigenvalue weighted by Gasteiger charge is 2.18. The molecule has 1 amide bonds. The largest absolute Gasteiger partial charge is 0.355 e. The van der Waals surface area contributed by atoms with Gasteiger partial charge in [-0.3, -0.25) is 4.79 Å². The monoisotopic (exact) mass is 186 g/mol. The molecule has 78 valence electrons. The molecule has 3 nitrogen and oxygen atoms in total. The van der Waals surface area contributed by atoms with Crippen molar-refractivity contribution < 1.29 is 4.79 Å². The summed E-state index contributed by atoms with van der Waals surface area (Å²) >= 11 is 0. The third-order valence-electron chi connectivity index (χ3n) is 2.09. The predicted molar refractivity (Wildman–Crippen MR) is 55.3 cm³/mol. The van der Waals surface area contributed by atoms with E-state index in [4.69, 9.17) is 5.73 Å². The molecule has 0 aromatic heterocycles. The minimum Gasteiger partial charge on any atom is -0.355 e. The fourth-order valence-electron chi connectivity index (χ4n) is 1.01. The van der Waals surface area contributed by atoms with Gasteiger partial charge in [-0.1, -0.05) is 27.7 Å². The zero-order chi connectivity index (χ0) is 10.5. The first-order chi connectivity index (χ1) is 5.89. The Morgan fingerprint density at radius 2 is 2.00 bits per heavy atom. The molecule has 13 heavy (non-hydrogen) atoms. The Kier molecular flexibility index (Phi) is 4.99. The molecule has 0 rings (SSSR count). The van der Waals surface area contributed by atoms with Crippen molar-refractivity contribution in [3.8, 4) is 0 Å². The van der Waals surface area contributed by atoms with Gasteiger partial charge in [0.25, 0.3) is 0 Å². The van der Waals surface area contributed by atoms with Gasteiger partial charge < -0.3 is 11.1 Å². The molecule has 0 fully saturated rings. The molecule has 0 bridgehead atoms. The van der Waals surface area contributed by atoms with E-state index in [2.05, 4.69) is 19.2 Å². The van der Waals surface area contributed by atoms with Gasteiger partial charge in [-0.2, -0.15) is 0 Å². The van der Waals surface area contributed by atoms with Gasteiger partial charge in [-0.15, -0.1) is 0 Å². The Labute approximate surface area is 81.1 Å². The normalized spacial score (nSPS) is 11.8. The summed E-state index contributed by atoms with van der Waals surface area (Å²) in [4.78, 5) is 11.3.